The maximum absolute atomic E-state index is 12.8. The van der Waals surface area contributed by atoms with Gasteiger partial charge < -0.3 is 0 Å². The van der Waals surface area contributed by atoms with Gasteiger partial charge >= 0.3 is 0 Å². The summed E-state index contributed by atoms with van der Waals surface area (Å²) in [6.07, 6.45) is 0. The highest BCUT2D eigenvalue weighted by atomic mass is 32.2. The van der Waals surface area contributed by atoms with Gasteiger partial charge in [-0.05, 0) is 18.6 Å². The van der Waals surface area contributed by atoms with Crippen LogP contribution in [0.2, 0.25) is 0 Å². The van der Waals surface area contributed by atoms with Crippen molar-refractivity contribution in [2.24, 2.45) is 5.14 Å². The molecule has 0 aliphatic heterocycles. The third kappa shape index (κ3) is 2.28. The number of nitrogens with two attached hydrogens (primary N) is 1. The van der Waals surface area contributed by atoms with Gasteiger partial charge in [-0.15, -0.1) is 0 Å². The van der Waals surface area contributed by atoms with Crippen LogP contribution < -0.4 is 5.14 Å². The molecule has 0 amide bonds. The van der Waals surface area contributed by atoms with Crippen molar-refractivity contribution in [2.75, 3.05) is 0 Å². The van der Waals surface area contributed by atoms with Gasteiger partial charge in [0, 0.05) is 0 Å². The van der Waals surface area contributed by atoms with Crippen LogP contribution in [0.5, 0.6) is 0 Å². The molecule has 8 heteroatoms. The van der Waals surface area contributed by atoms with Crippen LogP contribution in [0.4, 0.5) is 10.1 Å². The van der Waals surface area contributed by atoms with Crippen molar-refractivity contribution in [1.82, 2.24) is 0 Å². The molecule has 1 aromatic rings. The molecule has 0 aliphatic rings. The lowest BCUT2D eigenvalue weighted by molar-refractivity contribution is -0.388. The van der Waals surface area contributed by atoms with Gasteiger partial charge in [0.05, 0.1) is 11.0 Å². The van der Waals surface area contributed by atoms with Crippen molar-refractivity contribution >= 4 is 15.7 Å². The van der Waals surface area contributed by atoms with Crippen LogP contribution >= 0.6 is 0 Å². The third-order valence-electron chi connectivity index (χ3n) is 1.70. The van der Waals surface area contributed by atoms with E-state index in [-0.39, 0.29) is 5.56 Å². The monoisotopic (exact) mass is 234 g/mol. The standard InChI is InChI=1S/C7H7FN2O4S/c1-4-2-5(8)3-6(10(11)12)7(4)15(9,13)14/h2-3H,1H3,(H2,9,13,14). The molecule has 82 valence electrons. The predicted molar refractivity (Wildman–Crippen MR) is 49.2 cm³/mol. The van der Waals surface area contributed by atoms with E-state index in [1.54, 1.807) is 0 Å². The van der Waals surface area contributed by atoms with Crippen molar-refractivity contribution in [3.8, 4) is 0 Å². The molecule has 0 aliphatic carbocycles. The van der Waals surface area contributed by atoms with Crippen LogP contribution in [0.25, 0.3) is 0 Å². The molecule has 0 unspecified atom stereocenters. The van der Waals surface area contributed by atoms with Crippen LogP contribution in [0.1, 0.15) is 5.56 Å². The molecule has 0 heterocycles. The van der Waals surface area contributed by atoms with Crippen molar-refractivity contribution in [3.63, 3.8) is 0 Å². The first-order valence-corrected chi connectivity index (χ1v) is 5.25. The van der Waals surface area contributed by atoms with E-state index in [1.165, 1.54) is 6.92 Å². The molecule has 1 rings (SSSR count). The summed E-state index contributed by atoms with van der Waals surface area (Å²) >= 11 is 0. The van der Waals surface area contributed by atoms with E-state index in [4.69, 9.17) is 5.14 Å². The van der Waals surface area contributed by atoms with Gasteiger partial charge in [-0.1, -0.05) is 0 Å². The number of sulfonamides is 1. The summed E-state index contributed by atoms with van der Waals surface area (Å²) in [5.41, 5.74) is -0.945. The molecule has 1 aromatic carbocycles. The molecular weight excluding hydrogens is 227 g/mol. The predicted octanol–water partition coefficient (Wildman–Crippen LogP) is 0.690. The number of benzene rings is 1. The minimum atomic E-state index is -4.23. The molecule has 0 saturated heterocycles. The van der Waals surface area contributed by atoms with E-state index in [9.17, 15) is 22.9 Å². The zero-order chi connectivity index (χ0) is 11.8. The Bertz CT molecular complexity index is 526. The highest BCUT2D eigenvalue weighted by Crippen LogP contribution is 2.27. The molecule has 0 atom stereocenters. The summed E-state index contributed by atoms with van der Waals surface area (Å²) in [4.78, 5) is 8.84. The van der Waals surface area contributed by atoms with Crippen LogP contribution in [-0.4, -0.2) is 13.3 Å². The van der Waals surface area contributed by atoms with Crippen molar-refractivity contribution in [1.29, 1.82) is 0 Å². The normalized spacial score (nSPS) is 11.4. The number of hydrogen-bond acceptors (Lipinski definition) is 4. The minimum absolute atomic E-state index is 0.0933. The first-order valence-electron chi connectivity index (χ1n) is 3.71. The third-order valence-corrected chi connectivity index (χ3v) is 2.80. The van der Waals surface area contributed by atoms with Gasteiger partial charge in [-0.2, -0.15) is 0 Å². The Morgan fingerprint density at radius 1 is 1.47 bits per heavy atom. The Hall–Kier alpha value is -1.54. The van der Waals surface area contributed by atoms with Crippen molar-refractivity contribution < 1.29 is 17.7 Å². The highest BCUT2D eigenvalue weighted by Gasteiger charge is 2.26. The molecule has 6 nitrogen and oxygen atoms in total. The molecular formula is C7H7FN2O4S. The lowest BCUT2D eigenvalue weighted by Gasteiger charge is -2.04. The van der Waals surface area contributed by atoms with Crippen LogP contribution in [0, 0.1) is 22.9 Å². The molecule has 0 saturated carbocycles. The van der Waals surface area contributed by atoms with E-state index in [1.807, 2.05) is 0 Å². The molecule has 0 spiro atoms. The number of primary sulfonamides is 1. The van der Waals surface area contributed by atoms with Gasteiger partial charge in [0.1, 0.15) is 5.82 Å². The van der Waals surface area contributed by atoms with Gasteiger partial charge in [-0.25, -0.2) is 17.9 Å². The van der Waals surface area contributed by atoms with Crippen LogP contribution in [0.15, 0.2) is 17.0 Å². The summed E-state index contributed by atoms with van der Waals surface area (Å²) in [5.74, 6) is -0.883. The lowest BCUT2D eigenvalue weighted by Crippen LogP contribution is -2.16. The Balaban J connectivity index is 3.70. The second kappa shape index (κ2) is 3.55. The zero-order valence-corrected chi connectivity index (χ0v) is 8.41. The Morgan fingerprint density at radius 2 is 2.00 bits per heavy atom. The van der Waals surface area contributed by atoms with E-state index in [0.717, 1.165) is 6.07 Å². The number of nitro benzene ring substituents is 1. The number of halogens is 1. The molecule has 0 aromatic heterocycles. The summed E-state index contributed by atoms with van der Waals surface area (Å²) in [5, 5.41) is 15.3. The van der Waals surface area contributed by atoms with Crippen molar-refractivity contribution in [3.05, 3.63) is 33.6 Å². The van der Waals surface area contributed by atoms with Gasteiger partial charge in [0.25, 0.3) is 5.69 Å². The molecule has 15 heavy (non-hydrogen) atoms. The topological polar surface area (TPSA) is 103 Å². The molecule has 0 radical (unpaired) electrons. The van der Waals surface area contributed by atoms with Crippen LogP contribution in [-0.2, 0) is 10.0 Å². The number of nitro groups is 1. The first-order chi connectivity index (χ1) is 6.73. The first kappa shape index (κ1) is 11.5. The Labute approximate surface area is 84.7 Å². The van der Waals surface area contributed by atoms with Gasteiger partial charge in [0.2, 0.25) is 10.0 Å². The summed E-state index contributed by atoms with van der Waals surface area (Å²) in [6, 6.07) is 1.39. The maximum atomic E-state index is 12.8. The van der Waals surface area contributed by atoms with E-state index in [2.05, 4.69) is 0 Å². The van der Waals surface area contributed by atoms with Crippen LogP contribution in [0.3, 0.4) is 0 Å². The second-order valence-corrected chi connectivity index (χ2v) is 4.37. The number of hydrogen-bond donors (Lipinski definition) is 1. The van der Waals surface area contributed by atoms with Crippen molar-refractivity contribution in [2.45, 2.75) is 11.8 Å². The SMILES string of the molecule is Cc1cc(F)cc([N+](=O)[O-])c1S(N)(=O)=O. The largest absolute Gasteiger partial charge is 0.292 e. The number of rotatable bonds is 2. The lowest BCUT2D eigenvalue weighted by atomic mass is 10.2. The number of aryl methyl sites for hydroxylation is 1. The second-order valence-electron chi connectivity index (χ2n) is 2.87. The smallest absolute Gasteiger partial charge is 0.258 e. The summed E-state index contributed by atoms with van der Waals surface area (Å²) in [6.45, 7) is 1.23. The molecule has 2 N–H and O–H groups in total. The maximum Gasteiger partial charge on any atom is 0.292 e. The Kier molecular flexibility index (Phi) is 2.73. The van der Waals surface area contributed by atoms with Gasteiger partial charge in [0.15, 0.2) is 4.90 Å². The minimum Gasteiger partial charge on any atom is -0.258 e. The van der Waals surface area contributed by atoms with Gasteiger partial charge in [-0.3, -0.25) is 10.1 Å². The molecule has 0 fully saturated rings. The highest BCUT2D eigenvalue weighted by molar-refractivity contribution is 7.89. The summed E-state index contributed by atoms with van der Waals surface area (Å²) < 4.78 is 34.9. The van der Waals surface area contributed by atoms with E-state index in [0.29, 0.717) is 6.07 Å². The zero-order valence-electron chi connectivity index (χ0n) is 7.60. The average molecular weight is 234 g/mol. The number of nitrogens with zero attached hydrogens (tertiary/aromatic N) is 1. The fourth-order valence-corrected chi connectivity index (χ4v) is 2.15. The van der Waals surface area contributed by atoms with E-state index >= 15 is 0 Å². The Morgan fingerprint density at radius 3 is 2.40 bits per heavy atom. The van der Waals surface area contributed by atoms with E-state index < -0.39 is 31.3 Å². The fourth-order valence-electron chi connectivity index (χ4n) is 1.22. The quantitative estimate of drug-likeness (QED) is 0.600. The fraction of sp³-hybridized carbons (Fsp3) is 0.143. The molecule has 0 bridgehead atoms. The average Bonchev–Trinajstić information content (AvgIpc) is 1.99. The summed E-state index contributed by atoms with van der Waals surface area (Å²) in [7, 11) is -4.23.